The molecule has 0 atom stereocenters. The molecule has 70 valence electrons. The second kappa shape index (κ2) is 4.14. The highest BCUT2D eigenvalue weighted by molar-refractivity contribution is 6.30. The fraction of sp³-hybridized carbons (Fsp3) is 0.222. The molecule has 1 rings (SSSR count). The van der Waals surface area contributed by atoms with E-state index in [-0.39, 0.29) is 5.84 Å². The molecule has 0 saturated heterocycles. The van der Waals surface area contributed by atoms with Gasteiger partial charge in [0.05, 0.1) is 12.2 Å². The van der Waals surface area contributed by atoms with Gasteiger partial charge in [0.1, 0.15) is 11.6 Å². The van der Waals surface area contributed by atoms with Crippen molar-refractivity contribution in [2.75, 3.05) is 6.61 Å². The lowest BCUT2D eigenvalue weighted by molar-refractivity contribution is 0.339. The van der Waals surface area contributed by atoms with Gasteiger partial charge in [-0.05, 0) is 25.1 Å². The van der Waals surface area contributed by atoms with Gasteiger partial charge in [-0.3, -0.25) is 5.41 Å². The lowest BCUT2D eigenvalue weighted by Gasteiger charge is -2.08. The summed E-state index contributed by atoms with van der Waals surface area (Å²) < 4.78 is 5.27. The molecule has 0 fully saturated rings. The van der Waals surface area contributed by atoms with Crippen LogP contribution in [0.1, 0.15) is 12.5 Å². The molecule has 0 spiro atoms. The van der Waals surface area contributed by atoms with Crippen LogP contribution in [0, 0.1) is 5.41 Å². The Morgan fingerprint density at radius 3 is 2.85 bits per heavy atom. The maximum atomic E-state index is 7.28. The number of nitrogens with one attached hydrogen (secondary N) is 1. The molecule has 0 unspecified atom stereocenters. The van der Waals surface area contributed by atoms with Gasteiger partial charge in [0.15, 0.2) is 0 Å². The zero-order valence-electron chi connectivity index (χ0n) is 7.30. The van der Waals surface area contributed by atoms with Gasteiger partial charge in [-0.2, -0.15) is 0 Å². The number of nitrogen functional groups attached to an aromatic ring is 1. The van der Waals surface area contributed by atoms with E-state index < -0.39 is 0 Å². The van der Waals surface area contributed by atoms with Crippen LogP contribution in [-0.2, 0) is 0 Å². The summed E-state index contributed by atoms with van der Waals surface area (Å²) in [6.45, 7) is 2.39. The summed E-state index contributed by atoms with van der Waals surface area (Å²) in [6, 6.07) is 5.01. The summed E-state index contributed by atoms with van der Waals surface area (Å²) in [5.74, 6) is 0.544. The van der Waals surface area contributed by atoms with Crippen LogP contribution in [0.15, 0.2) is 18.2 Å². The highest BCUT2D eigenvalue weighted by Crippen LogP contribution is 2.22. The van der Waals surface area contributed by atoms with Gasteiger partial charge in [0, 0.05) is 5.02 Å². The van der Waals surface area contributed by atoms with E-state index in [4.69, 9.17) is 27.5 Å². The Kier molecular flexibility index (Phi) is 3.14. The Morgan fingerprint density at radius 2 is 2.31 bits per heavy atom. The molecule has 0 amide bonds. The fourth-order valence-corrected chi connectivity index (χ4v) is 1.16. The molecule has 13 heavy (non-hydrogen) atoms. The Bertz CT molecular complexity index is 325. The SMILES string of the molecule is CCOc1cc(Cl)ccc1C(=N)N. The van der Waals surface area contributed by atoms with Gasteiger partial charge < -0.3 is 10.5 Å². The summed E-state index contributed by atoms with van der Waals surface area (Å²) in [5.41, 5.74) is 5.93. The Labute approximate surface area is 82.0 Å². The van der Waals surface area contributed by atoms with Gasteiger partial charge in [0.2, 0.25) is 0 Å². The van der Waals surface area contributed by atoms with Crippen LogP contribution in [0.25, 0.3) is 0 Å². The van der Waals surface area contributed by atoms with Crippen molar-refractivity contribution in [3.63, 3.8) is 0 Å². The maximum absolute atomic E-state index is 7.28. The lowest BCUT2D eigenvalue weighted by atomic mass is 10.2. The zero-order valence-corrected chi connectivity index (χ0v) is 8.06. The molecule has 1 aromatic rings. The minimum atomic E-state index is -0.0138. The van der Waals surface area contributed by atoms with Crippen molar-refractivity contribution >= 4 is 17.4 Å². The average Bonchev–Trinajstić information content (AvgIpc) is 2.04. The van der Waals surface area contributed by atoms with E-state index in [1.54, 1.807) is 18.2 Å². The van der Waals surface area contributed by atoms with E-state index in [0.29, 0.717) is 22.9 Å². The number of ether oxygens (including phenoxy) is 1. The Hall–Kier alpha value is -1.22. The molecule has 0 radical (unpaired) electrons. The first-order chi connectivity index (χ1) is 6.15. The molecule has 3 N–H and O–H groups in total. The topological polar surface area (TPSA) is 59.1 Å². The summed E-state index contributed by atoms with van der Waals surface area (Å²) in [4.78, 5) is 0. The van der Waals surface area contributed by atoms with Crippen LogP contribution < -0.4 is 10.5 Å². The summed E-state index contributed by atoms with van der Waals surface area (Å²) in [5, 5.41) is 7.86. The van der Waals surface area contributed by atoms with Crippen LogP contribution in [0.5, 0.6) is 5.75 Å². The molecule has 0 aromatic heterocycles. The highest BCUT2D eigenvalue weighted by Gasteiger charge is 2.06. The van der Waals surface area contributed by atoms with E-state index in [2.05, 4.69) is 0 Å². The third-order valence-electron chi connectivity index (χ3n) is 1.53. The maximum Gasteiger partial charge on any atom is 0.131 e. The first-order valence-corrected chi connectivity index (χ1v) is 4.29. The third-order valence-corrected chi connectivity index (χ3v) is 1.77. The van der Waals surface area contributed by atoms with Gasteiger partial charge in [-0.15, -0.1) is 0 Å². The van der Waals surface area contributed by atoms with Crippen molar-refractivity contribution in [3.8, 4) is 5.75 Å². The second-order valence-electron chi connectivity index (χ2n) is 2.49. The normalized spacial score (nSPS) is 9.69. The standard InChI is InChI=1S/C9H11ClN2O/c1-2-13-8-5-6(10)3-4-7(8)9(11)12/h3-5H,2H2,1H3,(H3,11,12). The molecular weight excluding hydrogens is 188 g/mol. The van der Waals surface area contributed by atoms with Crippen LogP contribution in [0.4, 0.5) is 0 Å². The number of hydrogen-bond acceptors (Lipinski definition) is 2. The number of rotatable bonds is 3. The zero-order chi connectivity index (χ0) is 9.84. The highest BCUT2D eigenvalue weighted by atomic mass is 35.5. The molecule has 3 nitrogen and oxygen atoms in total. The third kappa shape index (κ3) is 2.36. The molecule has 0 aliphatic carbocycles. The lowest BCUT2D eigenvalue weighted by Crippen LogP contribution is -2.13. The average molecular weight is 199 g/mol. The van der Waals surface area contributed by atoms with Gasteiger partial charge in [-0.1, -0.05) is 11.6 Å². The van der Waals surface area contributed by atoms with Crippen LogP contribution in [0.2, 0.25) is 5.02 Å². The quantitative estimate of drug-likeness (QED) is 0.577. The number of benzene rings is 1. The van der Waals surface area contributed by atoms with Gasteiger partial charge in [0.25, 0.3) is 0 Å². The molecule has 0 aliphatic rings. The molecule has 4 heteroatoms. The van der Waals surface area contributed by atoms with Crippen molar-refractivity contribution in [1.29, 1.82) is 5.41 Å². The van der Waals surface area contributed by atoms with Gasteiger partial charge >= 0.3 is 0 Å². The summed E-state index contributed by atoms with van der Waals surface area (Å²) in [6.07, 6.45) is 0. The molecule has 0 aliphatic heterocycles. The summed E-state index contributed by atoms with van der Waals surface area (Å²) >= 11 is 5.77. The van der Waals surface area contributed by atoms with E-state index in [1.165, 1.54) is 0 Å². The first kappa shape index (κ1) is 9.86. The monoisotopic (exact) mass is 198 g/mol. The van der Waals surface area contributed by atoms with E-state index in [9.17, 15) is 0 Å². The smallest absolute Gasteiger partial charge is 0.131 e. The van der Waals surface area contributed by atoms with Crippen LogP contribution in [-0.4, -0.2) is 12.4 Å². The first-order valence-electron chi connectivity index (χ1n) is 3.92. The number of hydrogen-bond donors (Lipinski definition) is 2. The number of nitrogens with two attached hydrogens (primary N) is 1. The van der Waals surface area contributed by atoms with E-state index in [1.807, 2.05) is 6.92 Å². The van der Waals surface area contributed by atoms with Crippen molar-refractivity contribution < 1.29 is 4.74 Å². The van der Waals surface area contributed by atoms with E-state index >= 15 is 0 Å². The molecule has 0 bridgehead atoms. The molecule has 0 saturated carbocycles. The van der Waals surface area contributed by atoms with E-state index in [0.717, 1.165) is 0 Å². The number of amidine groups is 1. The van der Waals surface area contributed by atoms with Crippen molar-refractivity contribution in [2.24, 2.45) is 5.73 Å². The van der Waals surface area contributed by atoms with Crippen molar-refractivity contribution in [1.82, 2.24) is 0 Å². The second-order valence-corrected chi connectivity index (χ2v) is 2.92. The predicted molar refractivity (Wildman–Crippen MR) is 53.6 cm³/mol. The molecule has 0 heterocycles. The fourth-order valence-electron chi connectivity index (χ4n) is 0.994. The summed E-state index contributed by atoms with van der Waals surface area (Å²) in [7, 11) is 0. The minimum absolute atomic E-state index is 0.0138. The minimum Gasteiger partial charge on any atom is -0.493 e. The van der Waals surface area contributed by atoms with Crippen molar-refractivity contribution in [2.45, 2.75) is 6.92 Å². The van der Waals surface area contributed by atoms with Crippen LogP contribution in [0.3, 0.4) is 0 Å². The van der Waals surface area contributed by atoms with Crippen molar-refractivity contribution in [3.05, 3.63) is 28.8 Å². The molecule has 1 aromatic carbocycles. The predicted octanol–water partition coefficient (Wildman–Crippen LogP) is 2.02. The Balaban J connectivity index is 3.10. The van der Waals surface area contributed by atoms with Gasteiger partial charge in [-0.25, -0.2) is 0 Å². The van der Waals surface area contributed by atoms with Crippen LogP contribution >= 0.6 is 11.6 Å². The largest absolute Gasteiger partial charge is 0.493 e. The Morgan fingerprint density at radius 1 is 1.62 bits per heavy atom. The molecular formula is C9H11ClN2O. The number of halogens is 1.